The van der Waals surface area contributed by atoms with E-state index in [-0.39, 0.29) is 12.2 Å². The van der Waals surface area contributed by atoms with E-state index in [1.54, 1.807) is 0 Å². The summed E-state index contributed by atoms with van der Waals surface area (Å²) in [6.07, 6.45) is -3.49. The third kappa shape index (κ3) is 3.70. The molecule has 1 aliphatic rings. The number of rotatable bonds is 1. The van der Waals surface area contributed by atoms with Crippen LogP contribution in [-0.2, 0) is 10.9 Å². The first-order valence-electron chi connectivity index (χ1n) is 6.42. The molecular weight excluding hydrogens is 255 g/mol. The minimum absolute atomic E-state index is 0.0947. The average molecular weight is 273 g/mol. The zero-order valence-electron chi connectivity index (χ0n) is 11.0. The molecule has 1 fully saturated rings. The molecule has 0 amide bonds. The van der Waals surface area contributed by atoms with Gasteiger partial charge in [-0.3, -0.25) is 0 Å². The molecule has 0 bridgehead atoms. The van der Waals surface area contributed by atoms with E-state index in [2.05, 4.69) is 12.2 Å². The minimum Gasteiger partial charge on any atom is -0.369 e. The molecule has 106 valence electrons. The molecule has 0 saturated carbocycles. The first-order chi connectivity index (χ1) is 8.86. The number of benzene rings is 1. The van der Waals surface area contributed by atoms with E-state index < -0.39 is 11.7 Å². The molecule has 1 N–H and O–H groups in total. The maximum Gasteiger partial charge on any atom is 0.416 e. The zero-order chi connectivity index (χ0) is 14.0. The smallest absolute Gasteiger partial charge is 0.369 e. The average Bonchev–Trinajstić information content (AvgIpc) is 2.49. The Balaban J connectivity index is 2.13. The van der Waals surface area contributed by atoms with Gasteiger partial charge in [0.2, 0.25) is 0 Å². The Morgan fingerprint density at radius 3 is 2.37 bits per heavy atom. The number of alkyl halides is 3. The van der Waals surface area contributed by atoms with E-state index >= 15 is 0 Å². The van der Waals surface area contributed by atoms with Crippen molar-refractivity contribution in [1.29, 1.82) is 0 Å². The van der Waals surface area contributed by atoms with Crippen molar-refractivity contribution in [2.75, 3.05) is 6.54 Å². The highest BCUT2D eigenvalue weighted by molar-refractivity contribution is 5.26. The topological polar surface area (TPSA) is 21.3 Å². The van der Waals surface area contributed by atoms with Crippen molar-refractivity contribution in [2.45, 2.75) is 44.7 Å². The maximum absolute atomic E-state index is 12.5. The van der Waals surface area contributed by atoms with E-state index in [9.17, 15) is 13.2 Å². The number of ether oxygens (including phenoxy) is 1. The van der Waals surface area contributed by atoms with Crippen molar-refractivity contribution in [3.63, 3.8) is 0 Å². The van der Waals surface area contributed by atoms with Gasteiger partial charge in [0.15, 0.2) is 0 Å². The number of hydrogen-bond donors (Lipinski definition) is 1. The van der Waals surface area contributed by atoms with E-state index in [0.717, 1.165) is 24.1 Å². The number of halogens is 3. The van der Waals surface area contributed by atoms with Gasteiger partial charge in [0.25, 0.3) is 0 Å². The Labute approximate surface area is 111 Å². The molecule has 0 aromatic heterocycles. The normalized spacial score (nSPS) is 29.0. The molecule has 1 aromatic rings. The summed E-state index contributed by atoms with van der Waals surface area (Å²) in [6, 6.07) is 5.57. The largest absolute Gasteiger partial charge is 0.416 e. The Bertz CT molecular complexity index is 416. The van der Waals surface area contributed by atoms with Crippen LogP contribution in [0.4, 0.5) is 13.2 Å². The molecule has 0 aliphatic carbocycles. The lowest BCUT2D eigenvalue weighted by Gasteiger charge is -2.19. The van der Waals surface area contributed by atoms with E-state index in [4.69, 9.17) is 4.74 Å². The molecular formula is C14H18F3NO. The molecule has 3 atom stereocenters. The molecule has 0 radical (unpaired) electrons. The molecule has 3 unspecified atom stereocenters. The summed E-state index contributed by atoms with van der Waals surface area (Å²) in [5.74, 6) is 0. The molecule has 1 aliphatic heterocycles. The van der Waals surface area contributed by atoms with Crippen LogP contribution >= 0.6 is 0 Å². The van der Waals surface area contributed by atoms with Gasteiger partial charge in [-0.05, 0) is 38.0 Å². The van der Waals surface area contributed by atoms with Crippen molar-refractivity contribution in [3.05, 3.63) is 35.4 Å². The zero-order valence-corrected chi connectivity index (χ0v) is 11.0. The van der Waals surface area contributed by atoms with Gasteiger partial charge in [0.05, 0.1) is 17.8 Å². The number of hydrogen-bond acceptors (Lipinski definition) is 2. The van der Waals surface area contributed by atoms with Crippen LogP contribution in [0.25, 0.3) is 0 Å². The van der Waals surface area contributed by atoms with Crippen LogP contribution < -0.4 is 5.32 Å². The van der Waals surface area contributed by atoms with Crippen molar-refractivity contribution in [2.24, 2.45) is 0 Å². The second kappa shape index (κ2) is 5.51. The Morgan fingerprint density at radius 2 is 1.79 bits per heavy atom. The third-order valence-electron chi connectivity index (χ3n) is 3.34. The summed E-state index contributed by atoms with van der Waals surface area (Å²) in [6.45, 7) is 4.69. The first kappa shape index (κ1) is 14.3. The summed E-state index contributed by atoms with van der Waals surface area (Å²) in [7, 11) is 0. The van der Waals surface area contributed by atoms with Crippen LogP contribution in [0.3, 0.4) is 0 Å². The van der Waals surface area contributed by atoms with Crippen LogP contribution in [0.2, 0.25) is 0 Å². The van der Waals surface area contributed by atoms with E-state index in [1.165, 1.54) is 12.1 Å². The molecule has 19 heavy (non-hydrogen) atoms. The van der Waals surface area contributed by atoms with Crippen LogP contribution in [0.15, 0.2) is 24.3 Å². The Kier molecular flexibility index (Phi) is 4.16. The lowest BCUT2D eigenvalue weighted by atomic mass is 10.1. The second-order valence-electron chi connectivity index (χ2n) is 5.10. The van der Waals surface area contributed by atoms with Crippen LogP contribution in [0, 0.1) is 0 Å². The van der Waals surface area contributed by atoms with Gasteiger partial charge < -0.3 is 10.1 Å². The predicted octanol–water partition coefficient (Wildman–Crippen LogP) is 3.53. The van der Waals surface area contributed by atoms with Crippen molar-refractivity contribution in [1.82, 2.24) is 5.32 Å². The monoisotopic (exact) mass is 273 g/mol. The highest BCUT2D eigenvalue weighted by Gasteiger charge is 2.30. The minimum atomic E-state index is -4.29. The lowest BCUT2D eigenvalue weighted by molar-refractivity contribution is -0.137. The van der Waals surface area contributed by atoms with Crippen LogP contribution in [0.5, 0.6) is 0 Å². The third-order valence-corrected chi connectivity index (χ3v) is 3.34. The van der Waals surface area contributed by atoms with Crippen LogP contribution in [0.1, 0.15) is 37.5 Å². The molecule has 0 spiro atoms. The van der Waals surface area contributed by atoms with E-state index in [0.29, 0.717) is 12.6 Å². The van der Waals surface area contributed by atoms with Gasteiger partial charge >= 0.3 is 6.18 Å². The summed E-state index contributed by atoms with van der Waals surface area (Å²) < 4.78 is 43.3. The second-order valence-corrected chi connectivity index (χ2v) is 5.10. The van der Waals surface area contributed by atoms with Gasteiger partial charge in [0.1, 0.15) is 0 Å². The quantitative estimate of drug-likeness (QED) is 0.845. The fraction of sp³-hybridized carbons (Fsp3) is 0.571. The summed E-state index contributed by atoms with van der Waals surface area (Å²) in [5.41, 5.74) is 0.153. The van der Waals surface area contributed by atoms with E-state index in [1.807, 2.05) is 6.92 Å². The fourth-order valence-electron chi connectivity index (χ4n) is 2.36. The molecule has 1 aromatic carbocycles. The summed E-state index contributed by atoms with van der Waals surface area (Å²) in [5, 5.41) is 3.32. The van der Waals surface area contributed by atoms with Gasteiger partial charge in [-0.15, -0.1) is 0 Å². The lowest BCUT2D eigenvalue weighted by Crippen LogP contribution is -2.27. The summed E-state index contributed by atoms with van der Waals surface area (Å²) in [4.78, 5) is 0. The van der Waals surface area contributed by atoms with Crippen LogP contribution in [-0.4, -0.2) is 18.7 Å². The maximum atomic E-state index is 12.5. The molecule has 1 saturated heterocycles. The Morgan fingerprint density at radius 1 is 1.16 bits per heavy atom. The van der Waals surface area contributed by atoms with Gasteiger partial charge in [0, 0.05) is 12.6 Å². The first-order valence-corrected chi connectivity index (χ1v) is 6.42. The predicted molar refractivity (Wildman–Crippen MR) is 66.8 cm³/mol. The molecule has 5 heteroatoms. The highest BCUT2D eigenvalue weighted by Crippen LogP contribution is 2.31. The van der Waals surface area contributed by atoms with Crippen molar-refractivity contribution in [3.8, 4) is 0 Å². The standard InChI is InChI=1S/C14H18F3NO/c1-9-7-10(2)19-13(8-18-9)11-3-5-12(6-4-11)14(15,16)17/h3-6,9-10,13,18H,7-8H2,1-2H3. The number of nitrogens with one attached hydrogen (secondary N) is 1. The SMILES string of the molecule is CC1CC(C)OC(c2ccc(C(F)(F)F)cc2)CN1. The van der Waals surface area contributed by atoms with Crippen molar-refractivity contribution >= 4 is 0 Å². The molecule has 2 rings (SSSR count). The van der Waals surface area contributed by atoms with Gasteiger partial charge in [-0.25, -0.2) is 0 Å². The van der Waals surface area contributed by atoms with Gasteiger partial charge in [-0.2, -0.15) is 13.2 Å². The Hall–Kier alpha value is -1.07. The summed E-state index contributed by atoms with van der Waals surface area (Å²) >= 11 is 0. The van der Waals surface area contributed by atoms with Gasteiger partial charge in [-0.1, -0.05) is 12.1 Å². The molecule has 2 nitrogen and oxygen atoms in total. The molecule has 1 heterocycles. The van der Waals surface area contributed by atoms with Crippen molar-refractivity contribution < 1.29 is 17.9 Å². The fourth-order valence-corrected chi connectivity index (χ4v) is 2.36. The highest BCUT2D eigenvalue weighted by atomic mass is 19.4.